The average molecular weight is 334 g/mol. The van der Waals surface area contributed by atoms with Crippen LogP contribution in [0.25, 0.3) is 5.65 Å². The number of aromatic nitrogens is 3. The SMILES string of the molecule is NS(=O)(=O)CCNCc1cnc2cnc(Br)cn12. The molecule has 3 N–H and O–H groups in total. The Labute approximate surface area is 113 Å². The zero-order chi connectivity index (χ0) is 13.2. The van der Waals surface area contributed by atoms with Gasteiger partial charge in [0.05, 0.1) is 23.8 Å². The lowest BCUT2D eigenvalue weighted by atomic mass is 10.4. The highest BCUT2D eigenvalue weighted by atomic mass is 79.9. The number of nitrogens with zero attached hydrogens (tertiary/aromatic N) is 3. The van der Waals surface area contributed by atoms with E-state index in [4.69, 9.17) is 5.14 Å². The maximum atomic E-state index is 10.8. The Morgan fingerprint density at radius 3 is 2.89 bits per heavy atom. The summed E-state index contributed by atoms with van der Waals surface area (Å²) in [5.74, 6) is -0.0883. The molecule has 0 saturated heterocycles. The molecule has 18 heavy (non-hydrogen) atoms. The third kappa shape index (κ3) is 3.48. The molecule has 98 valence electrons. The number of hydrogen-bond acceptors (Lipinski definition) is 5. The van der Waals surface area contributed by atoms with Crippen molar-refractivity contribution in [2.24, 2.45) is 5.14 Å². The molecule has 0 aliphatic heterocycles. The molecule has 7 nitrogen and oxygen atoms in total. The second-order valence-corrected chi connectivity index (χ2v) is 6.28. The summed E-state index contributed by atoms with van der Waals surface area (Å²) in [7, 11) is -3.42. The van der Waals surface area contributed by atoms with Crippen LogP contribution in [-0.4, -0.2) is 35.1 Å². The van der Waals surface area contributed by atoms with E-state index in [2.05, 4.69) is 31.2 Å². The van der Waals surface area contributed by atoms with Gasteiger partial charge in [-0.05, 0) is 15.9 Å². The number of primary sulfonamides is 1. The Kier molecular flexibility index (Phi) is 3.95. The van der Waals surface area contributed by atoms with E-state index in [1.165, 1.54) is 0 Å². The highest BCUT2D eigenvalue weighted by molar-refractivity contribution is 9.10. The Balaban J connectivity index is 2.02. The molecule has 0 saturated carbocycles. The highest BCUT2D eigenvalue weighted by Gasteiger charge is 2.05. The van der Waals surface area contributed by atoms with Crippen LogP contribution in [0.5, 0.6) is 0 Å². The summed E-state index contributed by atoms with van der Waals surface area (Å²) in [4.78, 5) is 8.25. The lowest BCUT2D eigenvalue weighted by Gasteiger charge is -2.04. The van der Waals surface area contributed by atoms with E-state index in [9.17, 15) is 8.42 Å². The summed E-state index contributed by atoms with van der Waals surface area (Å²) >= 11 is 3.28. The van der Waals surface area contributed by atoms with Crippen LogP contribution in [0.2, 0.25) is 0 Å². The van der Waals surface area contributed by atoms with Gasteiger partial charge in [0.1, 0.15) is 4.60 Å². The number of nitrogens with one attached hydrogen (secondary N) is 1. The van der Waals surface area contributed by atoms with Crippen molar-refractivity contribution >= 4 is 31.6 Å². The minimum Gasteiger partial charge on any atom is -0.310 e. The molecule has 2 aromatic rings. The first kappa shape index (κ1) is 13.4. The van der Waals surface area contributed by atoms with Crippen LogP contribution in [0.15, 0.2) is 23.2 Å². The van der Waals surface area contributed by atoms with Crippen molar-refractivity contribution < 1.29 is 8.42 Å². The monoisotopic (exact) mass is 333 g/mol. The van der Waals surface area contributed by atoms with E-state index >= 15 is 0 Å². The van der Waals surface area contributed by atoms with Gasteiger partial charge >= 0.3 is 0 Å². The largest absolute Gasteiger partial charge is 0.310 e. The Morgan fingerprint density at radius 1 is 1.39 bits per heavy atom. The topological polar surface area (TPSA) is 102 Å². The van der Waals surface area contributed by atoms with Gasteiger partial charge in [-0.1, -0.05) is 0 Å². The van der Waals surface area contributed by atoms with E-state index in [-0.39, 0.29) is 5.75 Å². The van der Waals surface area contributed by atoms with Gasteiger partial charge in [-0.15, -0.1) is 0 Å². The molecule has 2 rings (SSSR count). The van der Waals surface area contributed by atoms with E-state index in [1.54, 1.807) is 18.6 Å². The minimum atomic E-state index is -3.42. The smallest absolute Gasteiger partial charge is 0.210 e. The zero-order valence-electron chi connectivity index (χ0n) is 9.38. The maximum Gasteiger partial charge on any atom is 0.210 e. The fourth-order valence-electron chi connectivity index (χ4n) is 1.48. The van der Waals surface area contributed by atoms with Crippen molar-refractivity contribution in [3.8, 4) is 0 Å². The van der Waals surface area contributed by atoms with Gasteiger partial charge in [-0.2, -0.15) is 0 Å². The van der Waals surface area contributed by atoms with E-state index < -0.39 is 10.0 Å². The van der Waals surface area contributed by atoms with Crippen LogP contribution in [0.4, 0.5) is 0 Å². The molecule has 0 aromatic carbocycles. The molecule has 0 amide bonds. The van der Waals surface area contributed by atoms with Crippen molar-refractivity contribution in [1.29, 1.82) is 0 Å². The number of imidazole rings is 1. The van der Waals surface area contributed by atoms with E-state index in [0.717, 1.165) is 11.3 Å². The lowest BCUT2D eigenvalue weighted by Crippen LogP contribution is -2.27. The molecule has 0 fully saturated rings. The van der Waals surface area contributed by atoms with E-state index in [0.29, 0.717) is 17.7 Å². The predicted octanol–water partition coefficient (Wildman–Crippen LogP) is -0.130. The molecule has 0 atom stereocenters. The quantitative estimate of drug-likeness (QED) is 0.742. The van der Waals surface area contributed by atoms with Crippen molar-refractivity contribution in [3.63, 3.8) is 0 Å². The summed E-state index contributed by atoms with van der Waals surface area (Å²) in [5.41, 5.74) is 1.66. The van der Waals surface area contributed by atoms with Crippen molar-refractivity contribution in [1.82, 2.24) is 19.7 Å². The molecule has 0 aliphatic rings. The summed E-state index contributed by atoms with van der Waals surface area (Å²) in [6.07, 6.45) is 5.17. The molecular weight excluding hydrogens is 322 g/mol. The van der Waals surface area contributed by atoms with Gasteiger partial charge in [0.25, 0.3) is 0 Å². The van der Waals surface area contributed by atoms with Crippen LogP contribution in [0, 0.1) is 0 Å². The molecule has 2 heterocycles. The molecule has 2 aromatic heterocycles. The second kappa shape index (κ2) is 5.31. The van der Waals surface area contributed by atoms with Gasteiger partial charge in [0.2, 0.25) is 10.0 Å². The van der Waals surface area contributed by atoms with Crippen molar-refractivity contribution in [2.75, 3.05) is 12.3 Å². The van der Waals surface area contributed by atoms with Crippen LogP contribution >= 0.6 is 15.9 Å². The first-order valence-electron chi connectivity index (χ1n) is 5.14. The third-order valence-electron chi connectivity index (χ3n) is 2.31. The number of halogens is 1. The summed E-state index contributed by atoms with van der Waals surface area (Å²) in [5, 5.41) is 7.91. The summed E-state index contributed by atoms with van der Waals surface area (Å²) < 4.78 is 24.1. The predicted molar refractivity (Wildman–Crippen MR) is 70.4 cm³/mol. The minimum absolute atomic E-state index is 0.0883. The van der Waals surface area contributed by atoms with Gasteiger partial charge in [0, 0.05) is 19.3 Å². The van der Waals surface area contributed by atoms with Gasteiger partial charge in [-0.3, -0.25) is 4.40 Å². The molecule has 0 aliphatic carbocycles. The second-order valence-electron chi connectivity index (χ2n) is 3.73. The molecule has 0 spiro atoms. The number of fused-ring (bicyclic) bond motifs is 1. The first-order chi connectivity index (χ1) is 8.46. The van der Waals surface area contributed by atoms with Crippen LogP contribution in [-0.2, 0) is 16.6 Å². The normalized spacial score (nSPS) is 12.1. The zero-order valence-corrected chi connectivity index (χ0v) is 11.8. The number of rotatable bonds is 5. The Bertz CT molecular complexity index is 654. The fourth-order valence-corrected chi connectivity index (χ4v) is 2.21. The summed E-state index contributed by atoms with van der Waals surface area (Å²) in [6.45, 7) is 0.811. The Morgan fingerprint density at radius 2 is 2.17 bits per heavy atom. The molecular formula is C9H12BrN5O2S. The van der Waals surface area contributed by atoms with E-state index in [1.807, 2.05) is 4.40 Å². The number of hydrogen-bond donors (Lipinski definition) is 2. The van der Waals surface area contributed by atoms with Crippen molar-refractivity contribution in [2.45, 2.75) is 6.54 Å². The third-order valence-corrected chi connectivity index (χ3v) is 3.49. The number of nitrogens with two attached hydrogens (primary N) is 1. The average Bonchev–Trinajstić information content (AvgIpc) is 2.66. The maximum absolute atomic E-state index is 10.8. The summed E-state index contributed by atoms with van der Waals surface area (Å²) in [6, 6.07) is 0. The first-order valence-corrected chi connectivity index (χ1v) is 7.65. The fraction of sp³-hybridized carbons (Fsp3) is 0.333. The van der Waals surface area contributed by atoms with Gasteiger partial charge in [-0.25, -0.2) is 23.5 Å². The Hall–Kier alpha value is -1.03. The standard InChI is InChI=1S/C9H12BrN5O2S/c10-8-6-15-7(4-14-9(15)5-13-8)3-12-1-2-18(11,16)17/h4-6,12H,1-3H2,(H2,11,16,17). The van der Waals surface area contributed by atoms with Crippen molar-refractivity contribution in [3.05, 3.63) is 28.9 Å². The number of sulfonamides is 1. The van der Waals surface area contributed by atoms with Crippen LogP contribution in [0.3, 0.4) is 0 Å². The molecule has 9 heteroatoms. The molecule has 0 unspecified atom stereocenters. The van der Waals surface area contributed by atoms with Gasteiger partial charge in [0.15, 0.2) is 5.65 Å². The lowest BCUT2D eigenvalue weighted by molar-refractivity contribution is 0.591. The molecule has 0 radical (unpaired) electrons. The highest BCUT2D eigenvalue weighted by Crippen LogP contribution is 2.10. The van der Waals surface area contributed by atoms with Crippen LogP contribution in [0.1, 0.15) is 5.69 Å². The van der Waals surface area contributed by atoms with Gasteiger partial charge < -0.3 is 5.32 Å². The van der Waals surface area contributed by atoms with Crippen LogP contribution < -0.4 is 10.5 Å². The molecule has 0 bridgehead atoms.